The first kappa shape index (κ1) is 16.9. The third-order valence-corrected chi connectivity index (χ3v) is 6.45. The zero-order valence-corrected chi connectivity index (χ0v) is 15.6. The molecule has 1 aromatic carbocycles. The largest absolute Gasteiger partial charge is 0.342 e. The Morgan fingerprint density at radius 2 is 2.04 bits per heavy atom. The van der Waals surface area contributed by atoms with Crippen LogP contribution >= 0.6 is 0 Å². The summed E-state index contributed by atoms with van der Waals surface area (Å²) < 4.78 is 5.54. The molecule has 5 rings (SSSR count). The van der Waals surface area contributed by atoms with Gasteiger partial charge in [0, 0.05) is 43.9 Å². The first-order valence-corrected chi connectivity index (χ1v) is 10.2. The molecule has 3 aliphatic rings. The number of nitrogens with zero attached hydrogens (tertiary/aromatic N) is 4. The lowest BCUT2D eigenvalue weighted by Gasteiger charge is -2.24. The molecule has 27 heavy (non-hydrogen) atoms. The number of fused-ring (bicyclic) bond motifs is 1. The van der Waals surface area contributed by atoms with Crippen molar-refractivity contribution in [1.29, 1.82) is 0 Å². The molecule has 1 amide bonds. The van der Waals surface area contributed by atoms with Gasteiger partial charge in [0.2, 0.25) is 11.8 Å². The monoisotopic (exact) mass is 366 g/mol. The van der Waals surface area contributed by atoms with E-state index < -0.39 is 0 Å². The summed E-state index contributed by atoms with van der Waals surface area (Å²) in [5.74, 6) is 2.10. The van der Waals surface area contributed by atoms with Crippen LogP contribution in [0, 0.1) is 0 Å². The van der Waals surface area contributed by atoms with Crippen molar-refractivity contribution in [3.63, 3.8) is 0 Å². The summed E-state index contributed by atoms with van der Waals surface area (Å²) in [4.78, 5) is 21.0. The van der Waals surface area contributed by atoms with Crippen molar-refractivity contribution in [1.82, 2.24) is 19.9 Å². The summed E-state index contributed by atoms with van der Waals surface area (Å²) in [5.41, 5.74) is 1.39. The van der Waals surface area contributed by atoms with E-state index >= 15 is 0 Å². The van der Waals surface area contributed by atoms with Gasteiger partial charge in [0.15, 0.2) is 5.82 Å². The summed E-state index contributed by atoms with van der Waals surface area (Å²) in [5, 5.41) is 4.33. The lowest BCUT2D eigenvalue weighted by molar-refractivity contribution is -0.127. The molecule has 0 radical (unpaired) electrons. The van der Waals surface area contributed by atoms with E-state index in [0.717, 1.165) is 31.8 Å². The highest BCUT2D eigenvalue weighted by Gasteiger charge is 2.46. The van der Waals surface area contributed by atoms with Crippen molar-refractivity contribution in [2.75, 3.05) is 19.6 Å². The summed E-state index contributed by atoms with van der Waals surface area (Å²) in [7, 11) is 0. The van der Waals surface area contributed by atoms with E-state index in [9.17, 15) is 4.79 Å². The first-order chi connectivity index (χ1) is 13.3. The lowest BCUT2D eigenvalue weighted by Crippen LogP contribution is -2.27. The number of aromatic nitrogens is 2. The third-order valence-electron chi connectivity index (χ3n) is 6.45. The van der Waals surface area contributed by atoms with Gasteiger partial charge in [0.1, 0.15) is 0 Å². The summed E-state index contributed by atoms with van der Waals surface area (Å²) in [6, 6.07) is 11.8. The molecule has 2 aromatic rings. The minimum Gasteiger partial charge on any atom is -0.342 e. The summed E-state index contributed by atoms with van der Waals surface area (Å²) >= 11 is 0. The van der Waals surface area contributed by atoms with E-state index in [1.165, 1.54) is 18.4 Å². The molecule has 0 bridgehead atoms. The predicted octanol–water partition coefficient (Wildman–Crippen LogP) is 2.93. The van der Waals surface area contributed by atoms with Crippen LogP contribution in [0.3, 0.4) is 0 Å². The van der Waals surface area contributed by atoms with Crippen LogP contribution < -0.4 is 0 Å². The van der Waals surface area contributed by atoms with Crippen LogP contribution in [-0.2, 0) is 11.2 Å². The molecule has 0 spiro atoms. The van der Waals surface area contributed by atoms with Crippen molar-refractivity contribution < 1.29 is 9.32 Å². The van der Waals surface area contributed by atoms with E-state index in [1.807, 2.05) is 4.90 Å². The van der Waals surface area contributed by atoms with Crippen molar-refractivity contribution in [2.45, 2.75) is 56.5 Å². The maximum atomic E-state index is 11.8. The average molecular weight is 366 g/mol. The number of hydrogen-bond donors (Lipinski definition) is 0. The average Bonchev–Trinajstić information content (AvgIpc) is 3.45. The normalized spacial score (nSPS) is 28.2. The molecular formula is C21H26N4O2. The van der Waals surface area contributed by atoms with Crippen LogP contribution in [0.4, 0.5) is 0 Å². The molecule has 1 aromatic heterocycles. The Labute approximate surface area is 159 Å². The van der Waals surface area contributed by atoms with Gasteiger partial charge in [-0.2, -0.15) is 4.98 Å². The van der Waals surface area contributed by atoms with Crippen molar-refractivity contribution in [3.8, 4) is 0 Å². The zero-order valence-electron chi connectivity index (χ0n) is 15.6. The van der Waals surface area contributed by atoms with Gasteiger partial charge in [-0.05, 0) is 37.8 Å². The molecule has 0 unspecified atom stereocenters. The van der Waals surface area contributed by atoms with E-state index in [1.54, 1.807) is 0 Å². The highest BCUT2D eigenvalue weighted by molar-refractivity contribution is 5.78. The summed E-state index contributed by atoms with van der Waals surface area (Å²) in [6.45, 7) is 2.70. The van der Waals surface area contributed by atoms with Gasteiger partial charge in [-0.15, -0.1) is 0 Å². The molecule has 4 heterocycles. The second-order valence-corrected chi connectivity index (χ2v) is 8.00. The van der Waals surface area contributed by atoms with Gasteiger partial charge in [0.25, 0.3) is 0 Å². The Bertz CT molecular complexity index is 806. The highest BCUT2D eigenvalue weighted by atomic mass is 16.5. The first-order valence-electron chi connectivity index (χ1n) is 10.2. The Hall–Kier alpha value is -2.21. The van der Waals surface area contributed by atoms with Gasteiger partial charge in [-0.1, -0.05) is 35.5 Å². The molecule has 6 nitrogen and oxygen atoms in total. The van der Waals surface area contributed by atoms with E-state index in [4.69, 9.17) is 9.51 Å². The maximum absolute atomic E-state index is 11.8. The molecule has 3 atom stereocenters. The van der Waals surface area contributed by atoms with Crippen LogP contribution in [0.15, 0.2) is 34.9 Å². The number of amides is 1. The topological polar surface area (TPSA) is 62.5 Å². The number of hydrogen-bond acceptors (Lipinski definition) is 5. The van der Waals surface area contributed by atoms with Crippen molar-refractivity contribution in [2.24, 2.45) is 0 Å². The Balaban J connectivity index is 1.30. The number of rotatable bonds is 5. The van der Waals surface area contributed by atoms with Gasteiger partial charge in [-0.25, -0.2) is 0 Å². The zero-order chi connectivity index (χ0) is 18.2. The van der Waals surface area contributed by atoms with Crippen LogP contribution in [-0.4, -0.2) is 51.5 Å². The molecule has 3 aliphatic heterocycles. The second-order valence-electron chi connectivity index (χ2n) is 8.00. The van der Waals surface area contributed by atoms with Gasteiger partial charge < -0.3 is 9.42 Å². The quantitative estimate of drug-likeness (QED) is 0.814. The predicted molar refractivity (Wildman–Crippen MR) is 100 cm³/mol. The number of carbonyl (C=O) groups is 1. The van der Waals surface area contributed by atoms with E-state index in [-0.39, 0.29) is 5.91 Å². The summed E-state index contributed by atoms with van der Waals surface area (Å²) in [6.07, 6.45) is 5.80. The van der Waals surface area contributed by atoms with Gasteiger partial charge >= 0.3 is 0 Å². The number of likely N-dealkylation sites (tertiary alicyclic amines) is 1. The van der Waals surface area contributed by atoms with E-state index in [0.29, 0.717) is 43.3 Å². The molecule has 6 heteroatoms. The maximum Gasteiger partial charge on any atom is 0.228 e. The smallest absolute Gasteiger partial charge is 0.228 e. The Morgan fingerprint density at radius 1 is 1.15 bits per heavy atom. The minimum absolute atomic E-state index is 0.248. The Kier molecular flexibility index (Phi) is 4.44. The number of carbonyl (C=O) groups excluding carboxylic acids is 1. The fourth-order valence-corrected chi connectivity index (χ4v) is 5.14. The van der Waals surface area contributed by atoms with Crippen LogP contribution in [0.2, 0.25) is 0 Å². The second kappa shape index (κ2) is 7.08. The molecule has 3 fully saturated rings. The fourth-order valence-electron chi connectivity index (χ4n) is 5.14. The Morgan fingerprint density at radius 3 is 2.85 bits per heavy atom. The SMILES string of the molecule is O=C1CCCN1CCc1nc([C@H]2C[C@@H](c3ccccc3)N3CCC[C@H]23)no1. The number of benzene rings is 1. The molecule has 0 N–H and O–H groups in total. The molecule has 0 aliphatic carbocycles. The van der Waals surface area contributed by atoms with Crippen molar-refractivity contribution in [3.05, 3.63) is 47.6 Å². The fraction of sp³-hybridized carbons (Fsp3) is 0.571. The minimum atomic E-state index is 0.248. The van der Waals surface area contributed by atoms with Gasteiger partial charge in [-0.3, -0.25) is 9.69 Å². The molecule has 3 saturated heterocycles. The lowest BCUT2D eigenvalue weighted by atomic mass is 9.94. The standard InChI is InChI=1S/C21H26N4O2/c26-20-9-5-11-24(20)13-10-19-22-21(23-27-19)16-14-18(15-6-2-1-3-7-15)25-12-4-8-17(16)25/h1-3,6-7,16-18H,4-5,8-14H2/t16-,17+,18-/m0/s1. The highest BCUT2D eigenvalue weighted by Crippen LogP contribution is 2.48. The molecule has 142 valence electrons. The van der Waals surface area contributed by atoms with Crippen LogP contribution in [0.5, 0.6) is 0 Å². The molecule has 0 saturated carbocycles. The van der Waals surface area contributed by atoms with E-state index in [2.05, 4.69) is 40.4 Å². The third kappa shape index (κ3) is 3.16. The van der Waals surface area contributed by atoms with Gasteiger partial charge in [0.05, 0.1) is 0 Å². The van der Waals surface area contributed by atoms with Crippen molar-refractivity contribution >= 4 is 5.91 Å². The molecular weight excluding hydrogens is 340 g/mol. The van der Waals surface area contributed by atoms with Crippen LogP contribution in [0.25, 0.3) is 0 Å². The van der Waals surface area contributed by atoms with Crippen LogP contribution in [0.1, 0.15) is 61.3 Å².